The zero-order valence-electron chi connectivity index (χ0n) is 11.7. The summed E-state index contributed by atoms with van der Waals surface area (Å²) in [6, 6.07) is 0. The second-order valence-electron chi connectivity index (χ2n) is 5.58. The van der Waals surface area contributed by atoms with Crippen molar-refractivity contribution in [2.45, 2.75) is 32.4 Å². The molecular weight excluding hydrogens is 216 g/mol. The van der Waals surface area contributed by atoms with Gasteiger partial charge in [-0.15, -0.1) is 0 Å². The highest BCUT2D eigenvalue weighted by Crippen LogP contribution is 2.02. The monoisotopic (exact) mass is 242 g/mol. The summed E-state index contributed by atoms with van der Waals surface area (Å²) in [4.78, 5) is 6.49. The van der Waals surface area contributed by atoms with Crippen molar-refractivity contribution in [3.05, 3.63) is 0 Å². The number of nitrogens with zero attached hydrogens (tertiary/aromatic N) is 2. The molecule has 1 heterocycles. The standard InChI is InChI=1S/C12H26N4O/c1-12(2,3)15-11(13-4)14-8-10-9-16(5)6-7-17-10/h10H,6-9H2,1-5H3,(H2,13,14,15). The fraction of sp³-hybridized carbons (Fsp3) is 0.917. The van der Waals surface area contributed by atoms with E-state index in [4.69, 9.17) is 4.74 Å². The fourth-order valence-corrected chi connectivity index (χ4v) is 1.74. The molecule has 0 amide bonds. The van der Waals surface area contributed by atoms with E-state index in [0.717, 1.165) is 32.2 Å². The summed E-state index contributed by atoms with van der Waals surface area (Å²) < 4.78 is 5.69. The number of aliphatic imine (C=N–C) groups is 1. The van der Waals surface area contributed by atoms with Crippen molar-refractivity contribution in [1.29, 1.82) is 0 Å². The van der Waals surface area contributed by atoms with Crippen LogP contribution in [-0.2, 0) is 4.74 Å². The molecule has 1 saturated heterocycles. The van der Waals surface area contributed by atoms with Gasteiger partial charge in [-0.3, -0.25) is 4.99 Å². The summed E-state index contributed by atoms with van der Waals surface area (Å²) >= 11 is 0. The molecule has 17 heavy (non-hydrogen) atoms. The molecule has 1 fully saturated rings. The molecular formula is C12H26N4O. The first kappa shape index (κ1) is 14.3. The Kier molecular flexibility index (Phi) is 5.21. The van der Waals surface area contributed by atoms with Crippen molar-refractivity contribution < 1.29 is 4.74 Å². The topological polar surface area (TPSA) is 48.9 Å². The Hall–Kier alpha value is -0.810. The van der Waals surface area contributed by atoms with E-state index in [1.165, 1.54) is 0 Å². The number of ether oxygens (including phenoxy) is 1. The molecule has 0 aliphatic carbocycles. The van der Waals surface area contributed by atoms with Crippen LogP contribution in [0, 0.1) is 0 Å². The van der Waals surface area contributed by atoms with Crippen LogP contribution in [0.25, 0.3) is 0 Å². The van der Waals surface area contributed by atoms with Crippen molar-refractivity contribution in [1.82, 2.24) is 15.5 Å². The second kappa shape index (κ2) is 6.21. The third-order valence-corrected chi connectivity index (χ3v) is 2.56. The number of hydrogen-bond donors (Lipinski definition) is 2. The van der Waals surface area contributed by atoms with Gasteiger partial charge in [0.2, 0.25) is 0 Å². The van der Waals surface area contributed by atoms with E-state index in [1.54, 1.807) is 7.05 Å². The summed E-state index contributed by atoms with van der Waals surface area (Å²) in [6.07, 6.45) is 0.243. The lowest BCUT2D eigenvalue weighted by molar-refractivity contribution is -0.0161. The van der Waals surface area contributed by atoms with E-state index in [1.807, 2.05) is 0 Å². The van der Waals surface area contributed by atoms with Crippen molar-refractivity contribution in [3.63, 3.8) is 0 Å². The average Bonchev–Trinajstić information content (AvgIpc) is 2.23. The summed E-state index contributed by atoms with van der Waals surface area (Å²) in [7, 11) is 3.91. The Morgan fingerprint density at radius 3 is 2.71 bits per heavy atom. The predicted molar refractivity (Wildman–Crippen MR) is 71.5 cm³/mol. The quantitative estimate of drug-likeness (QED) is 0.539. The highest BCUT2D eigenvalue weighted by molar-refractivity contribution is 5.80. The molecule has 1 aliphatic rings. The summed E-state index contributed by atoms with van der Waals surface area (Å²) in [5.74, 6) is 0.828. The van der Waals surface area contributed by atoms with Crippen LogP contribution in [0.3, 0.4) is 0 Å². The van der Waals surface area contributed by atoms with Crippen LogP contribution < -0.4 is 10.6 Å². The number of rotatable bonds is 2. The Balaban J connectivity index is 2.33. The summed E-state index contributed by atoms with van der Waals surface area (Å²) in [5.41, 5.74) is 0.0199. The van der Waals surface area contributed by atoms with E-state index in [-0.39, 0.29) is 11.6 Å². The average molecular weight is 242 g/mol. The van der Waals surface area contributed by atoms with Crippen LogP contribution in [0.2, 0.25) is 0 Å². The Morgan fingerprint density at radius 2 is 2.18 bits per heavy atom. The van der Waals surface area contributed by atoms with Gasteiger partial charge in [-0.25, -0.2) is 0 Å². The maximum atomic E-state index is 5.69. The molecule has 0 aromatic heterocycles. The predicted octanol–water partition coefficient (Wildman–Crippen LogP) is 0.281. The molecule has 0 saturated carbocycles. The number of guanidine groups is 1. The smallest absolute Gasteiger partial charge is 0.191 e. The van der Waals surface area contributed by atoms with Gasteiger partial charge in [0, 0.05) is 32.2 Å². The molecule has 1 atom stereocenters. The van der Waals surface area contributed by atoms with Gasteiger partial charge >= 0.3 is 0 Å². The van der Waals surface area contributed by atoms with Gasteiger partial charge in [0.1, 0.15) is 0 Å². The molecule has 5 heteroatoms. The number of morpholine rings is 1. The maximum absolute atomic E-state index is 5.69. The molecule has 2 N–H and O–H groups in total. The van der Waals surface area contributed by atoms with Crippen molar-refractivity contribution in [2.75, 3.05) is 40.3 Å². The van der Waals surface area contributed by atoms with Crippen LogP contribution >= 0.6 is 0 Å². The molecule has 0 bridgehead atoms. The Bertz CT molecular complexity index is 260. The lowest BCUT2D eigenvalue weighted by Crippen LogP contribution is -2.52. The minimum atomic E-state index is 0.0199. The first-order chi connectivity index (χ1) is 7.90. The lowest BCUT2D eigenvalue weighted by Gasteiger charge is -2.31. The molecule has 1 rings (SSSR count). The summed E-state index contributed by atoms with van der Waals surface area (Å²) in [6.45, 7) is 9.94. The molecule has 0 spiro atoms. The van der Waals surface area contributed by atoms with Crippen molar-refractivity contribution in [2.24, 2.45) is 4.99 Å². The fourth-order valence-electron chi connectivity index (χ4n) is 1.74. The third-order valence-electron chi connectivity index (χ3n) is 2.56. The normalized spacial score (nSPS) is 23.6. The van der Waals surface area contributed by atoms with Gasteiger partial charge in [-0.1, -0.05) is 0 Å². The van der Waals surface area contributed by atoms with Gasteiger partial charge in [-0.05, 0) is 27.8 Å². The van der Waals surface area contributed by atoms with Crippen LogP contribution in [0.4, 0.5) is 0 Å². The van der Waals surface area contributed by atoms with Crippen molar-refractivity contribution >= 4 is 5.96 Å². The van der Waals surface area contributed by atoms with Gasteiger partial charge in [0.15, 0.2) is 5.96 Å². The van der Waals surface area contributed by atoms with Gasteiger partial charge in [-0.2, -0.15) is 0 Å². The van der Waals surface area contributed by atoms with Gasteiger partial charge < -0.3 is 20.3 Å². The summed E-state index contributed by atoms with van der Waals surface area (Å²) in [5, 5.41) is 6.63. The minimum Gasteiger partial charge on any atom is -0.374 e. The van der Waals surface area contributed by atoms with E-state index < -0.39 is 0 Å². The van der Waals surface area contributed by atoms with Gasteiger partial charge in [0.05, 0.1) is 12.7 Å². The van der Waals surface area contributed by atoms with Crippen molar-refractivity contribution in [3.8, 4) is 0 Å². The Labute approximate surface area is 105 Å². The molecule has 0 radical (unpaired) electrons. The first-order valence-corrected chi connectivity index (χ1v) is 6.19. The SMILES string of the molecule is CN=C(NCC1CN(C)CCO1)NC(C)(C)C. The number of nitrogens with one attached hydrogen (secondary N) is 2. The highest BCUT2D eigenvalue weighted by Gasteiger charge is 2.18. The second-order valence-corrected chi connectivity index (χ2v) is 5.58. The molecule has 0 aromatic rings. The van der Waals surface area contributed by atoms with Crippen LogP contribution in [0.15, 0.2) is 4.99 Å². The Morgan fingerprint density at radius 1 is 1.47 bits per heavy atom. The number of likely N-dealkylation sites (N-methyl/N-ethyl adjacent to an activating group) is 1. The van der Waals surface area contributed by atoms with E-state index in [0.29, 0.717) is 0 Å². The lowest BCUT2D eigenvalue weighted by atomic mass is 10.1. The van der Waals surface area contributed by atoms with Gasteiger partial charge in [0.25, 0.3) is 0 Å². The molecule has 5 nitrogen and oxygen atoms in total. The highest BCUT2D eigenvalue weighted by atomic mass is 16.5. The molecule has 100 valence electrons. The first-order valence-electron chi connectivity index (χ1n) is 6.19. The van der Waals surface area contributed by atoms with E-state index >= 15 is 0 Å². The minimum absolute atomic E-state index is 0.0199. The maximum Gasteiger partial charge on any atom is 0.191 e. The molecule has 1 aliphatic heterocycles. The molecule has 1 unspecified atom stereocenters. The largest absolute Gasteiger partial charge is 0.374 e. The van der Waals surface area contributed by atoms with Crippen LogP contribution in [0.5, 0.6) is 0 Å². The zero-order valence-corrected chi connectivity index (χ0v) is 11.7. The van der Waals surface area contributed by atoms with Crippen LogP contribution in [0.1, 0.15) is 20.8 Å². The zero-order chi connectivity index (χ0) is 12.9. The van der Waals surface area contributed by atoms with E-state index in [9.17, 15) is 0 Å². The van der Waals surface area contributed by atoms with Crippen LogP contribution in [-0.4, -0.2) is 62.8 Å². The van der Waals surface area contributed by atoms with E-state index in [2.05, 4.69) is 48.3 Å². The third kappa shape index (κ3) is 5.89. The number of hydrogen-bond acceptors (Lipinski definition) is 3. The molecule has 0 aromatic carbocycles.